The number of carboxylic acid groups (broad SMARTS) is 1. The molecule has 0 heterocycles. The monoisotopic (exact) mass is 447 g/mol. The predicted molar refractivity (Wildman–Crippen MR) is 129 cm³/mol. The minimum atomic E-state index is -0.929. The summed E-state index contributed by atoms with van der Waals surface area (Å²) in [5.41, 5.74) is 1.97. The minimum Gasteiger partial charge on any atom is -0.483 e. The van der Waals surface area contributed by atoms with E-state index < -0.39 is 16.8 Å². The number of nitrogens with zero attached hydrogens (tertiary/aromatic N) is 1. The predicted octanol–water partition coefficient (Wildman–Crippen LogP) is 6.64. The van der Waals surface area contributed by atoms with E-state index in [1.165, 1.54) is 6.07 Å². The standard InChI is InChI=1S/C27H29NO5/c1-17-7-11-23(12-8-17)33-26-24(22-10-9-20-5-3-4-6-21(20)16-22)14-19(13-18(2)27(29)30)15-25(26)28(31)32/h3-6,9-10,14-18,23H,7-8,11-13H2,1-2H3,(H,29,30). The van der Waals surface area contributed by atoms with Crippen molar-refractivity contribution in [3.63, 3.8) is 0 Å². The number of rotatable bonds is 7. The van der Waals surface area contributed by atoms with Gasteiger partial charge in [-0.05, 0) is 72.1 Å². The van der Waals surface area contributed by atoms with Crippen LogP contribution in [0.4, 0.5) is 5.69 Å². The molecule has 1 aliphatic rings. The summed E-state index contributed by atoms with van der Waals surface area (Å²) in [6, 6.07) is 17.2. The topological polar surface area (TPSA) is 89.7 Å². The number of hydrogen-bond acceptors (Lipinski definition) is 4. The van der Waals surface area contributed by atoms with Gasteiger partial charge in [-0.3, -0.25) is 14.9 Å². The first kappa shape index (κ1) is 22.8. The van der Waals surface area contributed by atoms with Crippen LogP contribution in [0.5, 0.6) is 5.75 Å². The van der Waals surface area contributed by atoms with Gasteiger partial charge < -0.3 is 9.84 Å². The van der Waals surface area contributed by atoms with Gasteiger partial charge in [0.15, 0.2) is 0 Å². The third-order valence-electron chi connectivity index (χ3n) is 6.60. The van der Waals surface area contributed by atoms with Gasteiger partial charge in [-0.25, -0.2) is 0 Å². The van der Waals surface area contributed by atoms with Gasteiger partial charge in [0.2, 0.25) is 5.75 Å². The van der Waals surface area contributed by atoms with E-state index in [0.29, 0.717) is 17.0 Å². The summed E-state index contributed by atoms with van der Waals surface area (Å²) in [5.74, 6) is -0.663. The summed E-state index contributed by atoms with van der Waals surface area (Å²) in [5, 5.41) is 23.6. The molecule has 3 aromatic rings. The Morgan fingerprint density at radius 3 is 2.45 bits per heavy atom. The fraction of sp³-hybridized carbons (Fsp3) is 0.370. The number of nitro groups is 1. The lowest BCUT2D eigenvalue weighted by atomic mass is 9.88. The highest BCUT2D eigenvalue weighted by Crippen LogP contribution is 2.42. The molecule has 0 aromatic heterocycles. The van der Waals surface area contributed by atoms with Crippen molar-refractivity contribution < 1.29 is 19.6 Å². The smallest absolute Gasteiger partial charge is 0.311 e. The number of aliphatic carboxylic acids is 1. The lowest BCUT2D eigenvalue weighted by Gasteiger charge is -2.28. The minimum absolute atomic E-state index is 0.0668. The van der Waals surface area contributed by atoms with E-state index in [1.807, 2.05) is 48.5 Å². The number of ether oxygens (including phenoxy) is 1. The Morgan fingerprint density at radius 1 is 1.09 bits per heavy atom. The molecule has 0 bridgehead atoms. The zero-order valence-electron chi connectivity index (χ0n) is 19.0. The molecule has 33 heavy (non-hydrogen) atoms. The van der Waals surface area contributed by atoms with Gasteiger partial charge in [0.25, 0.3) is 0 Å². The van der Waals surface area contributed by atoms with Crippen LogP contribution in [0.3, 0.4) is 0 Å². The van der Waals surface area contributed by atoms with Crippen molar-refractivity contribution in [2.75, 3.05) is 0 Å². The maximum atomic E-state index is 12.1. The quantitative estimate of drug-likeness (QED) is 0.324. The first-order valence-corrected chi connectivity index (χ1v) is 11.5. The fourth-order valence-corrected chi connectivity index (χ4v) is 4.58. The van der Waals surface area contributed by atoms with Crippen molar-refractivity contribution in [2.24, 2.45) is 11.8 Å². The number of hydrogen-bond donors (Lipinski definition) is 1. The molecule has 1 N–H and O–H groups in total. The Morgan fingerprint density at radius 2 is 1.79 bits per heavy atom. The van der Waals surface area contributed by atoms with E-state index in [4.69, 9.17) is 4.74 Å². The maximum Gasteiger partial charge on any atom is 0.311 e. The molecule has 3 aromatic carbocycles. The third kappa shape index (κ3) is 5.16. The van der Waals surface area contributed by atoms with Crippen molar-refractivity contribution in [3.05, 3.63) is 70.3 Å². The second-order valence-electron chi connectivity index (χ2n) is 9.25. The van der Waals surface area contributed by atoms with Crippen LogP contribution in [0.15, 0.2) is 54.6 Å². The average molecular weight is 448 g/mol. The third-order valence-corrected chi connectivity index (χ3v) is 6.60. The van der Waals surface area contributed by atoms with E-state index in [0.717, 1.165) is 42.0 Å². The number of benzene rings is 3. The highest BCUT2D eigenvalue weighted by Gasteiger charge is 2.28. The molecular weight excluding hydrogens is 418 g/mol. The molecule has 0 aliphatic heterocycles. The van der Waals surface area contributed by atoms with E-state index in [2.05, 4.69) is 6.92 Å². The molecule has 1 atom stereocenters. The number of carboxylic acids is 1. The van der Waals surface area contributed by atoms with E-state index in [9.17, 15) is 20.0 Å². The number of carbonyl (C=O) groups is 1. The Labute approximate surface area is 193 Å². The average Bonchev–Trinajstić information content (AvgIpc) is 2.80. The van der Waals surface area contributed by atoms with Crippen molar-refractivity contribution in [1.82, 2.24) is 0 Å². The molecule has 6 heteroatoms. The molecule has 0 saturated heterocycles. The van der Waals surface area contributed by atoms with Crippen LogP contribution in [-0.2, 0) is 11.2 Å². The molecule has 4 rings (SSSR count). The molecule has 0 spiro atoms. The van der Waals surface area contributed by atoms with Gasteiger partial charge in [0.1, 0.15) is 0 Å². The molecule has 1 fully saturated rings. The highest BCUT2D eigenvalue weighted by molar-refractivity contribution is 5.89. The van der Waals surface area contributed by atoms with Crippen LogP contribution in [0.1, 0.15) is 45.1 Å². The number of nitro benzene ring substituents is 1. The molecule has 1 unspecified atom stereocenters. The van der Waals surface area contributed by atoms with Gasteiger partial charge in [0.05, 0.1) is 16.9 Å². The fourth-order valence-electron chi connectivity index (χ4n) is 4.58. The van der Waals surface area contributed by atoms with Crippen molar-refractivity contribution in [3.8, 4) is 16.9 Å². The molecule has 1 saturated carbocycles. The highest BCUT2D eigenvalue weighted by atomic mass is 16.6. The van der Waals surface area contributed by atoms with Crippen molar-refractivity contribution in [2.45, 2.75) is 52.1 Å². The van der Waals surface area contributed by atoms with Crippen LogP contribution < -0.4 is 4.74 Å². The lowest BCUT2D eigenvalue weighted by molar-refractivity contribution is -0.386. The van der Waals surface area contributed by atoms with E-state index in [-0.39, 0.29) is 24.0 Å². The summed E-state index contributed by atoms with van der Waals surface area (Å²) in [6.45, 7) is 3.83. The maximum absolute atomic E-state index is 12.1. The summed E-state index contributed by atoms with van der Waals surface area (Å²) in [7, 11) is 0. The Kier molecular flexibility index (Phi) is 6.63. The zero-order chi connectivity index (χ0) is 23.5. The van der Waals surface area contributed by atoms with Gasteiger partial charge in [-0.15, -0.1) is 0 Å². The van der Waals surface area contributed by atoms with Gasteiger partial charge in [-0.2, -0.15) is 0 Å². The normalized spacial score (nSPS) is 19.2. The van der Waals surface area contributed by atoms with Crippen LogP contribution in [0.2, 0.25) is 0 Å². The summed E-state index contributed by atoms with van der Waals surface area (Å²) >= 11 is 0. The summed E-state index contributed by atoms with van der Waals surface area (Å²) in [6.07, 6.45) is 3.96. The van der Waals surface area contributed by atoms with Crippen LogP contribution in [0.25, 0.3) is 21.9 Å². The largest absolute Gasteiger partial charge is 0.483 e. The van der Waals surface area contributed by atoms with Gasteiger partial charge in [0, 0.05) is 11.6 Å². The molecule has 0 radical (unpaired) electrons. The zero-order valence-corrected chi connectivity index (χ0v) is 19.0. The molecule has 172 valence electrons. The molecule has 6 nitrogen and oxygen atoms in total. The Hall–Kier alpha value is -3.41. The SMILES string of the molecule is CC1CCC(Oc2c(-c3ccc4ccccc4c3)cc(CC(C)C(=O)O)cc2[N+](=O)[O-])CC1. The van der Waals surface area contributed by atoms with Crippen molar-refractivity contribution >= 4 is 22.4 Å². The van der Waals surface area contributed by atoms with Gasteiger partial charge in [-0.1, -0.05) is 50.2 Å². The van der Waals surface area contributed by atoms with Crippen LogP contribution in [0, 0.1) is 22.0 Å². The molecule has 0 amide bonds. The van der Waals surface area contributed by atoms with E-state index in [1.54, 1.807) is 6.92 Å². The van der Waals surface area contributed by atoms with Crippen LogP contribution in [-0.4, -0.2) is 22.1 Å². The Bertz CT molecular complexity index is 1180. The number of fused-ring (bicyclic) bond motifs is 1. The van der Waals surface area contributed by atoms with E-state index >= 15 is 0 Å². The van der Waals surface area contributed by atoms with Crippen LogP contribution >= 0.6 is 0 Å². The first-order valence-electron chi connectivity index (χ1n) is 11.5. The van der Waals surface area contributed by atoms with Gasteiger partial charge >= 0.3 is 11.7 Å². The Balaban J connectivity index is 1.84. The van der Waals surface area contributed by atoms with Crippen molar-refractivity contribution in [1.29, 1.82) is 0 Å². The second kappa shape index (κ2) is 9.61. The summed E-state index contributed by atoms with van der Waals surface area (Å²) < 4.78 is 6.34. The molecular formula is C27H29NO5. The first-order chi connectivity index (χ1) is 15.8. The second-order valence-corrected chi connectivity index (χ2v) is 9.25. The molecule has 1 aliphatic carbocycles. The summed E-state index contributed by atoms with van der Waals surface area (Å²) in [4.78, 5) is 23.1. The lowest BCUT2D eigenvalue weighted by Crippen LogP contribution is -2.23.